The first-order valence-electron chi connectivity index (χ1n) is 11.3. The van der Waals surface area contributed by atoms with Crippen LogP contribution in [0, 0.1) is 24.0 Å². The van der Waals surface area contributed by atoms with Gasteiger partial charge in [0.25, 0.3) is 5.69 Å². The molecule has 2 aromatic rings. The Bertz CT molecular complexity index is 1180. The first kappa shape index (κ1) is 23.2. The number of rotatable bonds is 5. The lowest BCUT2D eigenvalue weighted by Gasteiger charge is -2.40. The van der Waals surface area contributed by atoms with Gasteiger partial charge in [-0.2, -0.15) is 0 Å². The highest BCUT2D eigenvalue weighted by Crippen LogP contribution is 2.43. The SMILES string of the molecule is Cc1ccc(C)c(S(=O)(=O)C2(C(=O)N3CCN(c4ccccc4[N+](=O)[O-])CC3)CCCC2)c1. The van der Waals surface area contributed by atoms with E-state index in [1.165, 1.54) is 6.07 Å². The number of hydrogen-bond donors (Lipinski definition) is 0. The molecule has 0 aromatic heterocycles. The van der Waals surface area contributed by atoms with Gasteiger partial charge in [0.2, 0.25) is 5.91 Å². The lowest BCUT2D eigenvalue weighted by Crippen LogP contribution is -2.57. The molecule has 1 amide bonds. The molecule has 2 aromatic carbocycles. The van der Waals surface area contributed by atoms with E-state index in [9.17, 15) is 23.3 Å². The Morgan fingerprint density at radius 3 is 2.27 bits per heavy atom. The Morgan fingerprint density at radius 1 is 1.00 bits per heavy atom. The third-order valence-electron chi connectivity index (χ3n) is 6.93. The smallest absolute Gasteiger partial charge is 0.292 e. The van der Waals surface area contributed by atoms with Crippen LogP contribution in [0.4, 0.5) is 11.4 Å². The fourth-order valence-electron chi connectivity index (χ4n) is 5.08. The highest BCUT2D eigenvalue weighted by atomic mass is 32.2. The van der Waals surface area contributed by atoms with E-state index < -0.39 is 19.5 Å². The van der Waals surface area contributed by atoms with E-state index in [0.29, 0.717) is 63.1 Å². The quantitative estimate of drug-likeness (QED) is 0.487. The van der Waals surface area contributed by atoms with Gasteiger partial charge in [-0.25, -0.2) is 8.42 Å². The van der Waals surface area contributed by atoms with Gasteiger partial charge in [0.1, 0.15) is 5.69 Å². The Hall–Kier alpha value is -2.94. The van der Waals surface area contributed by atoms with E-state index in [2.05, 4.69) is 0 Å². The van der Waals surface area contributed by atoms with Gasteiger partial charge in [0.15, 0.2) is 14.6 Å². The predicted molar refractivity (Wildman–Crippen MR) is 126 cm³/mol. The fraction of sp³-hybridized carbons (Fsp3) is 0.458. The molecule has 1 saturated heterocycles. The molecule has 1 heterocycles. The van der Waals surface area contributed by atoms with Crippen molar-refractivity contribution in [3.63, 3.8) is 0 Å². The minimum absolute atomic E-state index is 0.0297. The molecule has 1 aliphatic heterocycles. The molecule has 9 heteroatoms. The van der Waals surface area contributed by atoms with Crippen molar-refractivity contribution in [2.75, 3.05) is 31.1 Å². The summed E-state index contributed by atoms with van der Waals surface area (Å²) in [6, 6.07) is 11.9. The Morgan fingerprint density at radius 2 is 1.64 bits per heavy atom. The number of amides is 1. The monoisotopic (exact) mass is 471 g/mol. The molecular weight excluding hydrogens is 442 g/mol. The van der Waals surface area contributed by atoms with Crippen molar-refractivity contribution < 1.29 is 18.1 Å². The lowest BCUT2D eigenvalue weighted by atomic mass is 10.0. The summed E-state index contributed by atoms with van der Waals surface area (Å²) in [4.78, 5) is 28.5. The molecule has 33 heavy (non-hydrogen) atoms. The van der Waals surface area contributed by atoms with Crippen molar-refractivity contribution in [3.05, 3.63) is 63.7 Å². The van der Waals surface area contributed by atoms with E-state index in [1.54, 1.807) is 42.2 Å². The zero-order valence-electron chi connectivity index (χ0n) is 19.0. The van der Waals surface area contributed by atoms with Crippen LogP contribution in [0.5, 0.6) is 0 Å². The second-order valence-electron chi connectivity index (χ2n) is 9.00. The van der Waals surface area contributed by atoms with Crippen LogP contribution >= 0.6 is 0 Å². The van der Waals surface area contributed by atoms with E-state index in [0.717, 1.165) is 5.56 Å². The number of aryl methyl sites for hydroxylation is 2. The molecule has 1 aliphatic carbocycles. The molecule has 8 nitrogen and oxygen atoms in total. The molecule has 2 fully saturated rings. The number of nitro groups is 1. The van der Waals surface area contributed by atoms with E-state index in [1.807, 2.05) is 17.9 Å². The number of sulfone groups is 1. The van der Waals surface area contributed by atoms with Gasteiger partial charge in [-0.1, -0.05) is 37.1 Å². The normalized spacial score (nSPS) is 18.4. The van der Waals surface area contributed by atoms with Gasteiger partial charge in [0, 0.05) is 32.2 Å². The van der Waals surface area contributed by atoms with Crippen LogP contribution in [0.1, 0.15) is 36.8 Å². The minimum atomic E-state index is -3.88. The molecule has 176 valence electrons. The number of para-hydroxylation sites is 2. The van der Waals surface area contributed by atoms with Crippen LogP contribution in [0.2, 0.25) is 0 Å². The van der Waals surface area contributed by atoms with Crippen LogP contribution in [0.25, 0.3) is 0 Å². The highest BCUT2D eigenvalue weighted by Gasteiger charge is 2.55. The third kappa shape index (κ3) is 3.99. The number of carbonyl (C=O) groups excluding carboxylic acids is 1. The molecular formula is C24H29N3O5S. The number of benzene rings is 2. The number of piperazine rings is 1. The average Bonchev–Trinajstić information content (AvgIpc) is 3.32. The zero-order valence-corrected chi connectivity index (χ0v) is 19.8. The molecule has 0 spiro atoms. The summed E-state index contributed by atoms with van der Waals surface area (Å²) in [5, 5.41) is 11.4. The summed E-state index contributed by atoms with van der Waals surface area (Å²) in [7, 11) is -3.88. The summed E-state index contributed by atoms with van der Waals surface area (Å²) in [6.07, 6.45) is 2.05. The van der Waals surface area contributed by atoms with Gasteiger partial charge in [-0.15, -0.1) is 0 Å². The number of nitrogens with zero attached hydrogens (tertiary/aromatic N) is 3. The first-order chi connectivity index (χ1) is 15.7. The maximum Gasteiger partial charge on any atom is 0.292 e. The highest BCUT2D eigenvalue weighted by molar-refractivity contribution is 7.93. The molecule has 1 saturated carbocycles. The fourth-order valence-corrected chi connectivity index (χ4v) is 7.51. The largest absolute Gasteiger partial charge is 0.362 e. The van der Waals surface area contributed by atoms with Crippen LogP contribution in [-0.4, -0.2) is 55.1 Å². The maximum atomic E-state index is 13.9. The summed E-state index contributed by atoms with van der Waals surface area (Å²) in [5.74, 6) is -0.330. The molecule has 2 aliphatic rings. The number of carbonyl (C=O) groups is 1. The molecule has 0 unspecified atom stereocenters. The minimum Gasteiger partial charge on any atom is -0.362 e. The summed E-state index contributed by atoms with van der Waals surface area (Å²) in [6.45, 7) is 5.10. The van der Waals surface area contributed by atoms with Gasteiger partial charge in [-0.05, 0) is 49.9 Å². The molecule has 0 N–H and O–H groups in total. The van der Waals surface area contributed by atoms with E-state index >= 15 is 0 Å². The average molecular weight is 472 g/mol. The van der Waals surface area contributed by atoms with Gasteiger partial charge < -0.3 is 9.80 Å². The Balaban J connectivity index is 1.59. The predicted octanol–water partition coefficient (Wildman–Crippen LogP) is 3.65. The molecule has 0 bridgehead atoms. The summed E-state index contributed by atoms with van der Waals surface area (Å²) >= 11 is 0. The number of hydrogen-bond acceptors (Lipinski definition) is 6. The van der Waals surface area contributed by atoms with Crippen molar-refractivity contribution in [2.45, 2.75) is 49.2 Å². The van der Waals surface area contributed by atoms with Crippen molar-refractivity contribution in [1.29, 1.82) is 0 Å². The van der Waals surface area contributed by atoms with Gasteiger partial charge in [-0.3, -0.25) is 14.9 Å². The van der Waals surface area contributed by atoms with Gasteiger partial charge in [0.05, 0.1) is 9.82 Å². The number of anilines is 1. The second kappa shape index (κ2) is 8.78. The topological polar surface area (TPSA) is 101 Å². The molecule has 0 radical (unpaired) electrons. The zero-order chi connectivity index (χ0) is 23.8. The standard InChI is InChI=1S/C24H29N3O5S/c1-18-9-10-19(2)22(17-18)33(31,32)24(11-5-6-12-24)23(28)26-15-13-25(14-16-26)20-7-3-4-8-21(20)27(29)30/h3-4,7-10,17H,5-6,11-16H2,1-2H3. The molecule has 0 atom stereocenters. The van der Waals surface area contributed by atoms with Crippen LogP contribution < -0.4 is 4.90 Å². The van der Waals surface area contributed by atoms with Crippen molar-refractivity contribution in [2.24, 2.45) is 0 Å². The Labute approximate surface area is 194 Å². The van der Waals surface area contributed by atoms with Crippen LogP contribution in [0.15, 0.2) is 47.4 Å². The molecule has 4 rings (SSSR count). The van der Waals surface area contributed by atoms with Crippen molar-refractivity contribution in [3.8, 4) is 0 Å². The lowest BCUT2D eigenvalue weighted by molar-refractivity contribution is -0.384. The first-order valence-corrected chi connectivity index (χ1v) is 12.8. The van der Waals surface area contributed by atoms with E-state index in [4.69, 9.17) is 0 Å². The maximum absolute atomic E-state index is 13.9. The van der Waals surface area contributed by atoms with Crippen LogP contribution in [0.3, 0.4) is 0 Å². The van der Waals surface area contributed by atoms with Crippen molar-refractivity contribution in [1.82, 2.24) is 4.90 Å². The summed E-state index contributed by atoms with van der Waals surface area (Å²) in [5.41, 5.74) is 2.05. The Kier molecular flexibility index (Phi) is 6.18. The second-order valence-corrected chi connectivity index (χ2v) is 11.2. The summed E-state index contributed by atoms with van der Waals surface area (Å²) < 4.78 is 26.3. The van der Waals surface area contributed by atoms with E-state index in [-0.39, 0.29) is 16.5 Å². The van der Waals surface area contributed by atoms with Gasteiger partial charge >= 0.3 is 0 Å². The third-order valence-corrected chi connectivity index (χ3v) is 9.57. The van der Waals surface area contributed by atoms with Crippen LogP contribution in [-0.2, 0) is 14.6 Å². The van der Waals surface area contributed by atoms with Crippen molar-refractivity contribution >= 4 is 27.1 Å². The number of nitro benzene ring substituents is 1.